The number of hydrogen-bond acceptors (Lipinski definition) is 5. The molecule has 0 bridgehead atoms. The van der Waals surface area contributed by atoms with Crippen LogP contribution in [0.15, 0.2) is 18.2 Å². The maximum absolute atomic E-state index is 12.3. The summed E-state index contributed by atoms with van der Waals surface area (Å²) in [4.78, 5) is 24.1. The van der Waals surface area contributed by atoms with Crippen LogP contribution in [0, 0.1) is 10.8 Å². The minimum Gasteiger partial charge on any atom is -0.504 e. The third-order valence-electron chi connectivity index (χ3n) is 3.27. The molecule has 22 heavy (non-hydrogen) atoms. The summed E-state index contributed by atoms with van der Waals surface area (Å²) in [6.07, 6.45) is 0. The van der Waals surface area contributed by atoms with Gasteiger partial charge in [-0.1, -0.05) is 20.8 Å². The number of Topliss-reactive ketones (excluding diaryl/α,β-unsaturated/α-hetero) is 1. The fraction of sp³-hybridized carbons (Fsp3) is 0.529. The van der Waals surface area contributed by atoms with Crippen LogP contribution in [0.4, 0.5) is 0 Å². The number of carbonyl (C=O) groups excluding carboxylic acids is 2. The van der Waals surface area contributed by atoms with Crippen LogP contribution >= 0.6 is 0 Å². The lowest BCUT2D eigenvalue weighted by atomic mass is 9.83. The maximum Gasteiger partial charge on any atom is 0.316 e. The number of ether oxygens (including phenoxy) is 1. The van der Waals surface area contributed by atoms with E-state index in [1.165, 1.54) is 18.2 Å². The predicted octanol–water partition coefficient (Wildman–Crippen LogP) is 2.90. The Morgan fingerprint density at radius 1 is 1.14 bits per heavy atom. The highest BCUT2D eigenvalue weighted by molar-refractivity contribution is 6.01. The van der Waals surface area contributed by atoms with Crippen LogP contribution in [-0.4, -0.2) is 22.9 Å². The first-order valence-electron chi connectivity index (χ1n) is 7.19. The normalized spacial score (nSPS) is 13.6. The van der Waals surface area contributed by atoms with Crippen LogP contribution in [0.25, 0.3) is 0 Å². The summed E-state index contributed by atoms with van der Waals surface area (Å²) in [5.41, 5.74) is 5.15. The molecule has 0 aliphatic rings. The molecule has 0 spiro atoms. The quantitative estimate of drug-likeness (QED) is 0.509. The zero-order chi connectivity index (χ0) is 17.3. The molecular formula is C17H25NO4. The van der Waals surface area contributed by atoms with E-state index in [-0.39, 0.29) is 28.3 Å². The van der Waals surface area contributed by atoms with Crippen LogP contribution in [0.2, 0.25) is 0 Å². The summed E-state index contributed by atoms with van der Waals surface area (Å²) in [5, 5.41) is 9.97. The fourth-order valence-electron chi connectivity index (χ4n) is 1.58. The van der Waals surface area contributed by atoms with Crippen molar-refractivity contribution >= 4 is 11.8 Å². The van der Waals surface area contributed by atoms with E-state index in [0.717, 1.165) is 0 Å². The molecule has 0 saturated heterocycles. The average molecular weight is 307 g/mol. The highest BCUT2D eigenvalue weighted by atomic mass is 16.5. The van der Waals surface area contributed by atoms with Crippen molar-refractivity contribution in [3.8, 4) is 11.5 Å². The van der Waals surface area contributed by atoms with Gasteiger partial charge in [-0.3, -0.25) is 9.59 Å². The smallest absolute Gasteiger partial charge is 0.316 e. The van der Waals surface area contributed by atoms with Crippen LogP contribution in [0.3, 0.4) is 0 Å². The Balaban J connectivity index is 3.00. The third-order valence-corrected chi connectivity index (χ3v) is 3.27. The molecule has 5 nitrogen and oxygen atoms in total. The van der Waals surface area contributed by atoms with E-state index < -0.39 is 17.4 Å². The number of carbonyl (C=O) groups is 2. The van der Waals surface area contributed by atoms with Crippen molar-refractivity contribution in [1.82, 2.24) is 0 Å². The topological polar surface area (TPSA) is 89.6 Å². The Hall–Kier alpha value is -1.88. The molecular weight excluding hydrogens is 282 g/mol. The molecule has 1 atom stereocenters. The van der Waals surface area contributed by atoms with Crippen LogP contribution in [-0.2, 0) is 4.79 Å². The molecule has 0 aromatic heterocycles. The zero-order valence-corrected chi connectivity index (χ0v) is 14.1. The lowest BCUT2D eigenvalue weighted by Crippen LogP contribution is -2.42. The van der Waals surface area contributed by atoms with Gasteiger partial charge in [-0.15, -0.1) is 0 Å². The molecule has 5 heteroatoms. The lowest BCUT2D eigenvalue weighted by Gasteiger charge is -2.25. The lowest BCUT2D eigenvalue weighted by molar-refractivity contribution is -0.143. The monoisotopic (exact) mass is 307 g/mol. The van der Waals surface area contributed by atoms with Gasteiger partial charge < -0.3 is 15.6 Å². The molecule has 1 aromatic carbocycles. The average Bonchev–Trinajstić information content (AvgIpc) is 2.37. The van der Waals surface area contributed by atoms with Crippen molar-refractivity contribution in [3.63, 3.8) is 0 Å². The van der Waals surface area contributed by atoms with Crippen LogP contribution < -0.4 is 10.5 Å². The summed E-state index contributed by atoms with van der Waals surface area (Å²) >= 11 is 0. The van der Waals surface area contributed by atoms with Gasteiger partial charge in [0.15, 0.2) is 17.3 Å². The van der Waals surface area contributed by atoms with Crippen molar-refractivity contribution in [3.05, 3.63) is 23.8 Å². The molecule has 0 aliphatic heterocycles. The van der Waals surface area contributed by atoms with Gasteiger partial charge in [0, 0.05) is 5.56 Å². The fourth-order valence-corrected chi connectivity index (χ4v) is 1.58. The van der Waals surface area contributed by atoms with Gasteiger partial charge >= 0.3 is 5.97 Å². The van der Waals surface area contributed by atoms with Crippen LogP contribution in [0.5, 0.6) is 11.5 Å². The van der Waals surface area contributed by atoms with Crippen molar-refractivity contribution in [1.29, 1.82) is 0 Å². The number of benzene rings is 1. The molecule has 1 rings (SSSR count). The summed E-state index contributed by atoms with van der Waals surface area (Å²) in [7, 11) is 0. The minimum absolute atomic E-state index is 0.0285. The van der Waals surface area contributed by atoms with E-state index >= 15 is 0 Å². The molecule has 0 fully saturated rings. The minimum atomic E-state index is -0.685. The third kappa shape index (κ3) is 4.31. The largest absolute Gasteiger partial charge is 0.504 e. The first-order chi connectivity index (χ1) is 9.84. The van der Waals surface area contributed by atoms with E-state index in [1.54, 1.807) is 20.8 Å². The second kappa shape index (κ2) is 6.08. The van der Waals surface area contributed by atoms with Crippen molar-refractivity contribution in [2.75, 3.05) is 0 Å². The zero-order valence-electron chi connectivity index (χ0n) is 14.1. The van der Waals surface area contributed by atoms with Crippen molar-refractivity contribution in [2.24, 2.45) is 16.6 Å². The van der Waals surface area contributed by atoms with Gasteiger partial charge in [0.25, 0.3) is 0 Å². The first-order valence-corrected chi connectivity index (χ1v) is 7.19. The van der Waals surface area contributed by atoms with Gasteiger partial charge in [-0.25, -0.2) is 0 Å². The van der Waals surface area contributed by atoms with E-state index in [2.05, 4.69) is 0 Å². The molecule has 1 unspecified atom stereocenters. The summed E-state index contributed by atoms with van der Waals surface area (Å²) in [6.45, 7) is 10.8. The Kier molecular flexibility index (Phi) is 5.03. The first kappa shape index (κ1) is 18.2. The highest BCUT2D eigenvalue weighted by Gasteiger charge is 2.29. The van der Waals surface area contributed by atoms with E-state index in [4.69, 9.17) is 10.5 Å². The molecule has 3 N–H and O–H groups in total. The van der Waals surface area contributed by atoms with Gasteiger partial charge in [-0.05, 0) is 44.4 Å². The van der Waals surface area contributed by atoms with Crippen molar-refractivity contribution < 1.29 is 19.4 Å². The molecule has 1 aromatic rings. The van der Waals surface area contributed by atoms with Gasteiger partial charge in [-0.2, -0.15) is 0 Å². The van der Waals surface area contributed by atoms with E-state index in [9.17, 15) is 14.7 Å². The molecule has 0 radical (unpaired) electrons. The number of phenolic OH excluding ortho intramolecular Hbond substituents is 1. The number of esters is 1. The Morgan fingerprint density at radius 3 is 2.09 bits per heavy atom. The highest BCUT2D eigenvalue weighted by Crippen LogP contribution is 2.30. The maximum atomic E-state index is 12.3. The Bertz CT molecular complexity index is 579. The van der Waals surface area contributed by atoms with E-state index in [1.807, 2.05) is 20.8 Å². The van der Waals surface area contributed by atoms with Gasteiger partial charge in [0.05, 0.1) is 11.5 Å². The summed E-state index contributed by atoms with van der Waals surface area (Å²) in [5.74, 6) is -0.963. The number of ketones is 1. The Labute approximate surface area is 131 Å². The van der Waals surface area contributed by atoms with Crippen LogP contribution in [0.1, 0.15) is 51.9 Å². The second-order valence-corrected chi connectivity index (χ2v) is 7.53. The molecule has 0 saturated carbocycles. The number of phenols is 1. The van der Waals surface area contributed by atoms with Gasteiger partial charge in [0.2, 0.25) is 0 Å². The standard InChI is InChI=1S/C17H25NO4/c1-16(2,3)14(18)13(20)10-7-8-12(11(19)9-10)22-15(21)17(4,5)6/h7-9,14,19H,18H2,1-6H3. The van der Waals surface area contributed by atoms with Gasteiger partial charge in [0.1, 0.15) is 0 Å². The second-order valence-electron chi connectivity index (χ2n) is 7.53. The molecule has 0 heterocycles. The number of rotatable bonds is 3. The van der Waals surface area contributed by atoms with E-state index in [0.29, 0.717) is 0 Å². The SMILES string of the molecule is CC(C)(C)C(=O)Oc1ccc(C(=O)C(N)C(C)(C)C)cc1O. The number of nitrogens with two attached hydrogens (primary N) is 1. The molecule has 0 aliphatic carbocycles. The summed E-state index contributed by atoms with van der Waals surface area (Å²) in [6, 6.07) is 3.49. The van der Waals surface area contributed by atoms with Crippen molar-refractivity contribution in [2.45, 2.75) is 47.6 Å². The molecule has 0 amide bonds. The predicted molar refractivity (Wildman–Crippen MR) is 85.0 cm³/mol. The number of hydrogen-bond donors (Lipinski definition) is 2. The number of aromatic hydroxyl groups is 1. The Morgan fingerprint density at radius 2 is 1.68 bits per heavy atom. The molecule has 122 valence electrons. The summed E-state index contributed by atoms with van der Waals surface area (Å²) < 4.78 is 5.14.